The molecule has 1 saturated heterocycles. The van der Waals surface area contributed by atoms with Crippen molar-refractivity contribution in [1.29, 1.82) is 0 Å². The van der Waals surface area contributed by atoms with Crippen molar-refractivity contribution in [2.24, 2.45) is 0 Å². The molecule has 0 saturated carbocycles. The van der Waals surface area contributed by atoms with Gasteiger partial charge in [0.05, 0.1) is 29.5 Å². The smallest absolute Gasteiger partial charge is 0.233 e. The Bertz CT molecular complexity index is 988. The van der Waals surface area contributed by atoms with E-state index in [0.29, 0.717) is 35.5 Å². The van der Waals surface area contributed by atoms with Crippen molar-refractivity contribution >= 4 is 46.7 Å². The van der Waals surface area contributed by atoms with E-state index in [0.717, 1.165) is 10.5 Å². The Balaban J connectivity index is 1.52. The molecule has 3 rings (SSSR count). The van der Waals surface area contributed by atoms with Crippen molar-refractivity contribution < 1.29 is 23.5 Å². The standard InChI is InChI=1S/C22H22Cl2FNO4S/c1-13-7-21(19(24)9-18(13)23)31-12-22(28)26-5-6-29-16(10-26)11-30-15-3-4-17(14(2)27)20(25)8-15/h3-4,7-9,16H,5-6,10-12H2,1-2H3. The second-order valence-electron chi connectivity index (χ2n) is 7.16. The zero-order valence-electron chi connectivity index (χ0n) is 17.1. The topological polar surface area (TPSA) is 55.8 Å². The van der Waals surface area contributed by atoms with E-state index >= 15 is 0 Å². The minimum Gasteiger partial charge on any atom is -0.491 e. The molecule has 1 unspecified atom stereocenters. The molecule has 2 aromatic carbocycles. The van der Waals surface area contributed by atoms with E-state index in [4.69, 9.17) is 32.7 Å². The number of ketones is 1. The molecule has 0 aromatic heterocycles. The van der Waals surface area contributed by atoms with Crippen LogP contribution >= 0.6 is 35.0 Å². The molecular weight excluding hydrogens is 464 g/mol. The molecule has 0 radical (unpaired) electrons. The van der Waals surface area contributed by atoms with Crippen LogP contribution in [-0.4, -0.2) is 54.8 Å². The molecule has 1 fully saturated rings. The lowest BCUT2D eigenvalue weighted by Gasteiger charge is -2.32. The summed E-state index contributed by atoms with van der Waals surface area (Å²) in [4.78, 5) is 26.5. The first-order valence-electron chi connectivity index (χ1n) is 9.65. The van der Waals surface area contributed by atoms with Gasteiger partial charge in [0, 0.05) is 22.5 Å². The maximum absolute atomic E-state index is 13.9. The number of nitrogens with zero attached hydrogens (tertiary/aromatic N) is 1. The lowest BCUT2D eigenvalue weighted by molar-refractivity contribution is -0.137. The number of benzene rings is 2. The fourth-order valence-corrected chi connectivity index (χ4v) is 4.54. The van der Waals surface area contributed by atoms with Gasteiger partial charge in [-0.05, 0) is 43.7 Å². The molecule has 0 bridgehead atoms. The van der Waals surface area contributed by atoms with Crippen molar-refractivity contribution in [2.75, 3.05) is 32.1 Å². The van der Waals surface area contributed by atoms with E-state index in [1.165, 1.54) is 30.8 Å². The first-order chi connectivity index (χ1) is 14.7. The van der Waals surface area contributed by atoms with Crippen LogP contribution in [0, 0.1) is 12.7 Å². The number of carbonyl (C=O) groups excluding carboxylic acids is 2. The first-order valence-corrected chi connectivity index (χ1v) is 11.4. The number of thioether (sulfide) groups is 1. The summed E-state index contributed by atoms with van der Waals surface area (Å²) in [6.45, 7) is 4.62. The van der Waals surface area contributed by atoms with E-state index in [9.17, 15) is 14.0 Å². The van der Waals surface area contributed by atoms with Gasteiger partial charge in [0.1, 0.15) is 24.3 Å². The Labute approximate surface area is 194 Å². The number of aryl methyl sites for hydroxylation is 1. The highest BCUT2D eigenvalue weighted by Gasteiger charge is 2.25. The Hall–Kier alpha value is -1.80. The molecular formula is C22H22Cl2FNO4S. The number of rotatable bonds is 7. The van der Waals surface area contributed by atoms with Crippen LogP contribution in [0.15, 0.2) is 35.2 Å². The maximum atomic E-state index is 13.9. The van der Waals surface area contributed by atoms with E-state index in [2.05, 4.69) is 0 Å². The van der Waals surface area contributed by atoms with Crippen LogP contribution in [0.1, 0.15) is 22.8 Å². The molecule has 1 heterocycles. The third kappa shape index (κ3) is 6.35. The van der Waals surface area contributed by atoms with Crippen molar-refractivity contribution in [2.45, 2.75) is 24.8 Å². The quantitative estimate of drug-likeness (QED) is 0.406. The van der Waals surface area contributed by atoms with Gasteiger partial charge in [-0.2, -0.15) is 0 Å². The summed E-state index contributed by atoms with van der Waals surface area (Å²) in [6.07, 6.45) is -0.334. The van der Waals surface area contributed by atoms with Gasteiger partial charge >= 0.3 is 0 Å². The van der Waals surface area contributed by atoms with Gasteiger partial charge in [-0.15, -0.1) is 11.8 Å². The van der Waals surface area contributed by atoms with Gasteiger partial charge in [0.25, 0.3) is 0 Å². The molecule has 31 heavy (non-hydrogen) atoms. The van der Waals surface area contributed by atoms with Crippen LogP contribution in [0.3, 0.4) is 0 Å². The molecule has 2 aromatic rings. The van der Waals surface area contributed by atoms with Gasteiger partial charge in [-0.25, -0.2) is 4.39 Å². The highest BCUT2D eigenvalue weighted by Crippen LogP contribution is 2.32. The van der Waals surface area contributed by atoms with Gasteiger partial charge in [-0.1, -0.05) is 23.2 Å². The van der Waals surface area contributed by atoms with Gasteiger partial charge in [0.15, 0.2) is 5.78 Å². The molecule has 166 valence electrons. The Kier molecular flexibility index (Phi) is 8.22. The third-order valence-electron chi connectivity index (χ3n) is 4.81. The summed E-state index contributed by atoms with van der Waals surface area (Å²) in [5.41, 5.74) is 0.920. The zero-order valence-corrected chi connectivity index (χ0v) is 19.5. The zero-order chi connectivity index (χ0) is 22.5. The number of Topliss-reactive ketones (excluding diaryl/α,β-unsaturated/α-hetero) is 1. The maximum Gasteiger partial charge on any atom is 0.233 e. The molecule has 1 aliphatic rings. The summed E-state index contributed by atoms with van der Waals surface area (Å²) < 4.78 is 25.2. The van der Waals surface area contributed by atoms with Crippen LogP contribution in [0.25, 0.3) is 0 Å². The number of hydrogen-bond acceptors (Lipinski definition) is 5. The average molecular weight is 486 g/mol. The highest BCUT2D eigenvalue weighted by atomic mass is 35.5. The number of ether oxygens (including phenoxy) is 2. The number of carbonyl (C=O) groups is 2. The largest absolute Gasteiger partial charge is 0.491 e. The Morgan fingerprint density at radius 1 is 1.26 bits per heavy atom. The van der Waals surface area contributed by atoms with Crippen LogP contribution in [0.2, 0.25) is 10.0 Å². The van der Waals surface area contributed by atoms with E-state index in [1.807, 2.05) is 13.0 Å². The van der Waals surface area contributed by atoms with Crippen LogP contribution < -0.4 is 4.74 Å². The average Bonchev–Trinajstić information content (AvgIpc) is 2.73. The highest BCUT2D eigenvalue weighted by molar-refractivity contribution is 8.00. The normalized spacial score (nSPS) is 16.3. The molecule has 1 atom stereocenters. The number of morpholine rings is 1. The summed E-state index contributed by atoms with van der Waals surface area (Å²) in [5.74, 6) is -0.454. The second-order valence-corrected chi connectivity index (χ2v) is 8.99. The molecule has 5 nitrogen and oxygen atoms in total. The van der Waals surface area contributed by atoms with Crippen molar-refractivity contribution in [3.05, 3.63) is 57.3 Å². The van der Waals surface area contributed by atoms with E-state index in [1.54, 1.807) is 17.0 Å². The van der Waals surface area contributed by atoms with Gasteiger partial charge < -0.3 is 14.4 Å². The predicted molar refractivity (Wildman–Crippen MR) is 120 cm³/mol. The lowest BCUT2D eigenvalue weighted by Crippen LogP contribution is -2.48. The van der Waals surface area contributed by atoms with Crippen LogP contribution in [-0.2, 0) is 9.53 Å². The number of halogens is 3. The summed E-state index contributed by atoms with van der Waals surface area (Å²) >= 11 is 13.6. The molecule has 0 spiro atoms. The van der Waals surface area contributed by atoms with E-state index in [-0.39, 0.29) is 35.7 Å². The Morgan fingerprint density at radius 3 is 2.74 bits per heavy atom. The van der Waals surface area contributed by atoms with E-state index < -0.39 is 5.82 Å². The third-order valence-corrected chi connectivity index (χ3v) is 6.68. The van der Waals surface area contributed by atoms with Crippen molar-refractivity contribution in [1.82, 2.24) is 4.90 Å². The predicted octanol–water partition coefficient (Wildman–Crippen LogP) is 5.04. The van der Waals surface area contributed by atoms with Crippen LogP contribution in [0.5, 0.6) is 5.75 Å². The molecule has 1 aliphatic heterocycles. The number of hydrogen-bond donors (Lipinski definition) is 0. The lowest BCUT2D eigenvalue weighted by atomic mass is 10.1. The summed E-state index contributed by atoms with van der Waals surface area (Å²) in [6, 6.07) is 7.66. The van der Waals surface area contributed by atoms with Crippen molar-refractivity contribution in [3.8, 4) is 5.75 Å². The summed E-state index contributed by atoms with van der Waals surface area (Å²) in [7, 11) is 0. The van der Waals surface area contributed by atoms with Crippen LogP contribution in [0.4, 0.5) is 4.39 Å². The fourth-order valence-electron chi connectivity index (χ4n) is 3.08. The minimum atomic E-state index is -0.625. The summed E-state index contributed by atoms with van der Waals surface area (Å²) in [5, 5.41) is 1.11. The molecule has 0 N–H and O–H groups in total. The molecule has 0 aliphatic carbocycles. The monoisotopic (exact) mass is 485 g/mol. The van der Waals surface area contributed by atoms with Gasteiger partial charge in [-0.3, -0.25) is 9.59 Å². The SMILES string of the molecule is CC(=O)c1ccc(OCC2CN(C(=O)CSc3cc(C)c(Cl)cc3Cl)CCO2)cc1F. The number of amides is 1. The molecule has 9 heteroatoms. The fraction of sp³-hybridized carbons (Fsp3) is 0.364. The van der Waals surface area contributed by atoms with Crippen molar-refractivity contribution in [3.63, 3.8) is 0 Å². The Morgan fingerprint density at radius 2 is 2.03 bits per heavy atom. The second kappa shape index (κ2) is 10.7. The first kappa shape index (κ1) is 23.9. The van der Waals surface area contributed by atoms with Gasteiger partial charge in [0.2, 0.25) is 5.91 Å². The molecule has 1 amide bonds. The minimum absolute atomic E-state index is 0.0199.